The summed E-state index contributed by atoms with van der Waals surface area (Å²) in [4.78, 5) is 0. The van der Waals surface area contributed by atoms with E-state index in [0.29, 0.717) is 0 Å². The van der Waals surface area contributed by atoms with Crippen LogP contribution in [-0.4, -0.2) is 22.5 Å². The molecule has 0 aliphatic carbocycles. The summed E-state index contributed by atoms with van der Waals surface area (Å²) < 4.78 is 1.44. The average molecular weight is 398 g/mol. The molecule has 1 unspecified atom stereocenters. The van der Waals surface area contributed by atoms with Gasteiger partial charge in [0.1, 0.15) is 0 Å². The van der Waals surface area contributed by atoms with Gasteiger partial charge in [-0.1, -0.05) is 13.3 Å². The van der Waals surface area contributed by atoms with Gasteiger partial charge in [-0.3, -0.25) is 0 Å². The Morgan fingerprint density at radius 3 is 2.24 bits per heavy atom. The molecule has 0 heterocycles. The second kappa shape index (κ2) is 16.9. The Morgan fingerprint density at radius 2 is 1.62 bits per heavy atom. The number of rotatable bonds is 15. The van der Waals surface area contributed by atoms with Crippen LogP contribution in [0, 0.1) is 5.92 Å². The molecule has 0 aromatic rings. The Bertz CT molecular complexity index is 232. The van der Waals surface area contributed by atoms with Crippen molar-refractivity contribution in [3.63, 3.8) is 0 Å². The van der Waals surface area contributed by atoms with E-state index in [1.54, 1.807) is 28.1 Å². The summed E-state index contributed by atoms with van der Waals surface area (Å²) in [5.74, 6) is 0.941. The first-order valence-electron chi connectivity index (χ1n) is 9.60. The molecule has 123 valence electrons. The van der Waals surface area contributed by atoms with Gasteiger partial charge in [-0.25, -0.2) is 0 Å². The Morgan fingerprint density at radius 1 is 0.905 bits per heavy atom. The van der Waals surface area contributed by atoms with E-state index < -0.39 is 0 Å². The van der Waals surface area contributed by atoms with Crippen molar-refractivity contribution in [3.05, 3.63) is 11.6 Å². The third-order valence-electron chi connectivity index (χ3n) is 4.51. The van der Waals surface area contributed by atoms with Crippen LogP contribution in [0.25, 0.3) is 0 Å². The first-order valence-corrected chi connectivity index (χ1v) is 11.6. The first kappa shape index (κ1) is 21.5. The van der Waals surface area contributed by atoms with Crippen LogP contribution in [0.1, 0.15) is 104 Å². The van der Waals surface area contributed by atoms with E-state index in [1.165, 1.54) is 87.9 Å². The monoisotopic (exact) mass is 399 g/mol. The zero-order chi connectivity index (χ0) is 15.8. The number of hydrogen-bond donors (Lipinski definition) is 0. The fourth-order valence-electron chi connectivity index (χ4n) is 2.93. The summed E-state index contributed by atoms with van der Waals surface area (Å²) in [7, 11) is 0. The van der Waals surface area contributed by atoms with E-state index >= 15 is 0 Å². The topological polar surface area (TPSA) is 0 Å². The maximum atomic E-state index is 2.61. The van der Waals surface area contributed by atoms with Gasteiger partial charge in [0.05, 0.1) is 0 Å². The van der Waals surface area contributed by atoms with Crippen LogP contribution in [-0.2, 0) is 0 Å². The molecule has 0 aromatic carbocycles. The standard InChI is InChI=1S/C20H39.Sn/c1-5-9-12-13-14-17-20(16-11-7-3)18-19(8-4)15-10-6-2;/h17,19H,1,5-16,18H2,2-4H3;/b20-17+;. The van der Waals surface area contributed by atoms with Gasteiger partial charge >= 0.3 is 135 Å². The normalized spacial score (nSPS) is 13.6. The fraction of sp³-hybridized carbons (Fsp3) is 0.900. The minimum atomic E-state index is 0.941. The van der Waals surface area contributed by atoms with Crippen LogP contribution in [0.5, 0.6) is 0 Å². The molecule has 0 N–H and O–H groups in total. The molecular formula is C20H39Sn. The van der Waals surface area contributed by atoms with E-state index in [1.807, 2.05) is 0 Å². The summed E-state index contributed by atoms with van der Waals surface area (Å²) in [6, 6.07) is 0. The number of hydrogen-bond acceptors (Lipinski definition) is 0. The second-order valence-electron chi connectivity index (χ2n) is 6.54. The quantitative estimate of drug-likeness (QED) is 0.155. The van der Waals surface area contributed by atoms with Gasteiger partial charge in [0.15, 0.2) is 0 Å². The van der Waals surface area contributed by atoms with Crippen molar-refractivity contribution < 1.29 is 0 Å². The molecule has 0 aromatic heterocycles. The first-order chi connectivity index (χ1) is 10.3. The van der Waals surface area contributed by atoms with Crippen molar-refractivity contribution in [1.29, 1.82) is 0 Å². The van der Waals surface area contributed by atoms with E-state index in [-0.39, 0.29) is 0 Å². The third-order valence-corrected chi connectivity index (χ3v) is 5.52. The molecule has 0 aliphatic rings. The van der Waals surface area contributed by atoms with Gasteiger partial charge in [-0.15, -0.1) is 0 Å². The van der Waals surface area contributed by atoms with Crippen molar-refractivity contribution in [2.75, 3.05) is 0 Å². The molecule has 0 amide bonds. The Kier molecular flexibility index (Phi) is 17.3. The van der Waals surface area contributed by atoms with Crippen LogP contribution < -0.4 is 0 Å². The molecule has 1 heteroatoms. The smallest absolute Gasteiger partial charge is 0.0654 e. The van der Waals surface area contributed by atoms with Gasteiger partial charge in [0.25, 0.3) is 0 Å². The van der Waals surface area contributed by atoms with Gasteiger partial charge < -0.3 is 0 Å². The molecule has 21 heavy (non-hydrogen) atoms. The van der Waals surface area contributed by atoms with E-state index in [2.05, 4.69) is 26.8 Å². The van der Waals surface area contributed by atoms with E-state index in [4.69, 9.17) is 0 Å². The minimum absolute atomic E-state index is 0.941. The van der Waals surface area contributed by atoms with Gasteiger partial charge in [0.2, 0.25) is 0 Å². The van der Waals surface area contributed by atoms with Crippen molar-refractivity contribution in [1.82, 2.24) is 0 Å². The van der Waals surface area contributed by atoms with Crippen LogP contribution in [0.4, 0.5) is 0 Å². The Balaban J connectivity index is 4.14. The Labute approximate surface area is 148 Å². The average Bonchev–Trinajstić information content (AvgIpc) is 2.51. The zero-order valence-corrected chi connectivity index (χ0v) is 17.9. The summed E-state index contributed by atoms with van der Waals surface area (Å²) in [6.45, 7) is 7.02. The summed E-state index contributed by atoms with van der Waals surface area (Å²) >= 11 is 1.71. The van der Waals surface area contributed by atoms with Crippen molar-refractivity contribution in [2.24, 2.45) is 5.92 Å². The van der Waals surface area contributed by atoms with Crippen molar-refractivity contribution in [2.45, 2.75) is 109 Å². The summed E-state index contributed by atoms with van der Waals surface area (Å²) in [5.41, 5.74) is 1.78. The summed E-state index contributed by atoms with van der Waals surface area (Å²) in [6.07, 6.45) is 20.8. The molecule has 0 saturated carbocycles. The van der Waals surface area contributed by atoms with Gasteiger partial charge in [-0.2, -0.15) is 0 Å². The second-order valence-corrected chi connectivity index (χ2v) is 7.97. The molecule has 0 saturated heterocycles. The predicted octanol–water partition coefficient (Wildman–Crippen LogP) is 7.25. The van der Waals surface area contributed by atoms with Crippen molar-refractivity contribution >= 4 is 22.5 Å². The maximum absolute atomic E-state index is 2.61. The van der Waals surface area contributed by atoms with Gasteiger partial charge in [0, 0.05) is 0 Å². The molecular weight excluding hydrogens is 359 g/mol. The fourth-order valence-corrected chi connectivity index (χ4v) is 3.65. The SMILES string of the molecule is CCCC/C(=C\CCCCC[CH2][Sn])CC(CC)CCCC. The van der Waals surface area contributed by atoms with Gasteiger partial charge in [-0.05, 0) is 0 Å². The molecule has 0 aliphatic heterocycles. The summed E-state index contributed by atoms with van der Waals surface area (Å²) in [5, 5.41) is 0. The van der Waals surface area contributed by atoms with E-state index in [0.717, 1.165) is 5.92 Å². The van der Waals surface area contributed by atoms with Crippen LogP contribution in [0.15, 0.2) is 11.6 Å². The number of allylic oxidation sites excluding steroid dienone is 2. The molecule has 0 nitrogen and oxygen atoms in total. The molecule has 0 spiro atoms. The van der Waals surface area contributed by atoms with Crippen LogP contribution >= 0.6 is 0 Å². The van der Waals surface area contributed by atoms with Crippen LogP contribution in [0.3, 0.4) is 0 Å². The molecule has 1 atom stereocenters. The van der Waals surface area contributed by atoms with Crippen molar-refractivity contribution in [3.8, 4) is 0 Å². The number of unbranched alkanes of at least 4 members (excludes halogenated alkanes) is 6. The molecule has 0 rings (SSSR count). The minimum Gasteiger partial charge on any atom is -0.0654 e. The predicted molar refractivity (Wildman–Crippen MR) is 99.2 cm³/mol. The van der Waals surface area contributed by atoms with E-state index in [9.17, 15) is 0 Å². The molecule has 0 bridgehead atoms. The van der Waals surface area contributed by atoms with Crippen LogP contribution in [0.2, 0.25) is 4.44 Å². The molecule has 3 radical (unpaired) electrons. The molecule has 0 fully saturated rings. The third kappa shape index (κ3) is 13.9. The zero-order valence-electron chi connectivity index (χ0n) is 15.1. The Hall–Kier alpha value is 0.539.